The van der Waals surface area contributed by atoms with Crippen LogP contribution in [0.25, 0.3) is 0 Å². The molecule has 0 spiro atoms. The molecule has 2 heterocycles. The number of likely N-dealkylation sites (tertiary alicyclic amines) is 1. The van der Waals surface area contributed by atoms with E-state index in [1.54, 1.807) is 0 Å². The van der Waals surface area contributed by atoms with Crippen molar-refractivity contribution in [1.29, 1.82) is 0 Å². The van der Waals surface area contributed by atoms with Crippen LogP contribution in [0.5, 0.6) is 0 Å². The Morgan fingerprint density at radius 1 is 1.28 bits per heavy atom. The van der Waals surface area contributed by atoms with Gasteiger partial charge in [-0.05, 0) is 52.6 Å². The molecule has 2 aliphatic rings. The molecule has 0 saturated carbocycles. The van der Waals surface area contributed by atoms with Gasteiger partial charge in [0.1, 0.15) is 0 Å². The normalized spacial score (nSPS) is 32.8. The Morgan fingerprint density at radius 3 is 2.78 bits per heavy atom. The summed E-state index contributed by atoms with van der Waals surface area (Å²) < 4.78 is 6.14. The number of piperidine rings is 1. The SMILES string of the molecule is CCNCC1CCCCN1CC1CCC(C)(C)O1. The Kier molecular flexibility index (Phi) is 5.05. The maximum Gasteiger partial charge on any atom is 0.0710 e. The van der Waals surface area contributed by atoms with E-state index in [1.807, 2.05) is 0 Å². The molecule has 2 atom stereocenters. The molecule has 2 aliphatic heterocycles. The van der Waals surface area contributed by atoms with Gasteiger partial charge in [0.15, 0.2) is 0 Å². The molecule has 3 heteroatoms. The molecule has 106 valence electrons. The van der Waals surface area contributed by atoms with Gasteiger partial charge in [-0.15, -0.1) is 0 Å². The second-order valence-corrected chi connectivity index (χ2v) is 6.49. The van der Waals surface area contributed by atoms with Gasteiger partial charge < -0.3 is 10.1 Å². The van der Waals surface area contributed by atoms with Crippen LogP contribution in [-0.4, -0.2) is 48.8 Å². The summed E-state index contributed by atoms with van der Waals surface area (Å²) in [4.78, 5) is 2.66. The third-order valence-electron chi connectivity index (χ3n) is 4.37. The summed E-state index contributed by atoms with van der Waals surface area (Å²) in [5.74, 6) is 0. The fourth-order valence-corrected chi connectivity index (χ4v) is 3.31. The zero-order valence-electron chi connectivity index (χ0n) is 12.4. The van der Waals surface area contributed by atoms with Crippen molar-refractivity contribution >= 4 is 0 Å². The van der Waals surface area contributed by atoms with E-state index in [0.717, 1.165) is 25.7 Å². The Bertz CT molecular complexity index is 255. The first-order chi connectivity index (χ1) is 8.61. The highest BCUT2D eigenvalue weighted by Gasteiger charge is 2.34. The molecule has 0 aliphatic carbocycles. The van der Waals surface area contributed by atoms with Crippen LogP contribution in [0.4, 0.5) is 0 Å². The van der Waals surface area contributed by atoms with E-state index in [1.165, 1.54) is 38.6 Å². The average Bonchev–Trinajstić information content (AvgIpc) is 2.68. The minimum atomic E-state index is 0.109. The minimum absolute atomic E-state index is 0.109. The van der Waals surface area contributed by atoms with Crippen molar-refractivity contribution in [3.05, 3.63) is 0 Å². The third-order valence-corrected chi connectivity index (χ3v) is 4.37. The molecule has 2 unspecified atom stereocenters. The van der Waals surface area contributed by atoms with Crippen LogP contribution in [-0.2, 0) is 4.74 Å². The fraction of sp³-hybridized carbons (Fsp3) is 1.00. The highest BCUT2D eigenvalue weighted by molar-refractivity contribution is 4.86. The maximum atomic E-state index is 6.14. The number of likely N-dealkylation sites (N-methyl/N-ethyl adjacent to an activating group) is 1. The lowest BCUT2D eigenvalue weighted by Crippen LogP contribution is -2.48. The lowest BCUT2D eigenvalue weighted by molar-refractivity contribution is -0.0371. The van der Waals surface area contributed by atoms with E-state index in [0.29, 0.717) is 6.10 Å². The quantitative estimate of drug-likeness (QED) is 0.815. The van der Waals surface area contributed by atoms with E-state index < -0.39 is 0 Å². The van der Waals surface area contributed by atoms with Crippen LogP contribution < -0.4 is 5.32 Å². The summed E-state index contributed by atoms with van der Waals surface area (Å²) in [5.41, 5.74) is 0.109. The minimum Gasteiger partial charge on any atom is -0.371 e. The number of nitrogens with zero attached hydrogens (tertiary/aromatic N) is 1. The highest BCUT2D eigenvalue weighted by Crippen LogP contribution is 2.30. The van der Waals surface area contributed by atoms with Crippen molar-refractivity contribution in [2.45, 2.75) is 70.6 Å². The Balaban J connectivity index is 1.82. The van der Waals surface area contributed by atoms with E-state index in [9.17, 15) is 0 Å². The van der Waals surface area contributed by atoms with Gasteiger partial charge in [-0.1, -0.05) is 13.3 Å². The Hall–Kier alpha value is -0.120. The third kappa shape index (κ3) is 3.94. The molecular formula is C15H30N2O. The van der Waals surface area contributed by atoms with Gasteiger partial charge in [0, 0.05) is 19.1 Å². The lowest BCUT2D eigenvalue weighted by atomic mass is 10.0. The van der Waals surface area contributed by atoms with E-state index in [2.05, 4.69) is 31.0 Å². The molecule has 18 heavy (non-hydrogen) atoms. The molecule has 1 N–H and O–H groups in total. The zero-order chi connectivity index (χ0) is 13.0. The van der Waals surface area contributed by atoms with Gasteiger partial charge in [0.25, 0.3) is 0 Å². The van der Waals surface area contributed by atoms with Crippen molar-refractivity contribution in [2.24, 2.45) is 0 Å². The van der Waals surface area contributed by atoms with Gasteiger partial charge in [-0.25, -0.2) is 0 Å². The summed E-state index contributed by atoms with van der Waals surface area (Å²) >= 11 is 0. The number of hydrogen-bond acceptors (Lipinski definition) is 3. The van der Waals surface area contributed by atoms with Gasteiger partial charge in [0.2, 0.25) is 0 Å². The van der Waals surface area contributed by atoms with Gasteiger partial charge in [-0.2, -0.15) is 0 Å². The van der Waals surface area contributed by atoms with Crippen LogP contribution in [0.15, 0.2) is 0 Å². The van der Waals surface area contributed by atoms with E-state index in [4.69, 9.17) is 4.74 Å². The van der Waals surface area contributed by atoms with Gasteiger partial charge in [0.05, 0.1) is 11.7 Å². The Morgan fingerprint density at radius 2 is 2.11 bits per heavy atom. The van der Waals surface area contributed by atoms with Gasteiger partial charge in [-0.3, -0.25) is 4.90 Å². The molecule has 0 aromatic heterocycles. The lowest BCUT2D eigenvalue weighted by Gasteiger charge is -2.37. The van der Waals surface area contributed by atoms with Crippen molar-refractivity contribution < 1.29 is 4.74 Å². The summed E-state index contributed by atoms with van der Waals surface area (Å²) in [5, 5.41) is 3.51. The average molecular weight is 254 g/mol. The van der Waals surface area contributed by atoms with Crippen LogP contribution in [0.2, 0.25) is 0 Å². The molecule has 0 aromatic carbocycles. The van der Waals surface area contributed by atoms with E-state index >= 15 is 0 Å². The predicted octanol–water partition coefficient (Wildman–Crippen LogP) is 2.41. The molecule has 0 radical (unpaired) electrons. The molecular weight excluding hydrogens is 224 g/mol. The van der Waals surface area contributed by atoms with E-state index in [-0.39, 0.29) is 5.60 Å². The number of hydrogen-bond donors (Lipinski definition) is 1. The fourth-order valence-electron chi connectivity index (χ4n) is 3.31. The second kappa shape index (κ2) is 6.36. The second-order valence-electron chi connectivity index (χ2n) is 6.49. The summed E-state index contributed by atoms with van der Waals surface area (Å²) in [6.07, 6.45) is 7.01. The molecule has 2 rings (SSSR count). The molecule has 0 amide bonds. The topological polar surface area (TPSA) is 24.5 Å². The van der Waals surface area contributed by atoms with Crippen molar-refractivity contribution in [1.82, 2.24) is 10.2 Å². The summed E-state index contributed by atoms with van der Waals surface area (Å²) in [6, 6.07) is 0.728. The van der Waals surface area contributed by atoms with Crippen LogP contribution in [0.3, 0.4) is 0 Å². The maximum absolute atomic E-state index is 6.14. The first kappa shape index (κ1) is 14.3. The van der Waals surface area contributed by atoms with Crippen molar-refractivity contribution in [3.8, 4) is 0 Å². The largest absolute Gasteiger partial charge is 0.371 e. The highest BCUT2D eigenvalue weighted by atomic mass is 16.5. The predicted molar refractivity (Wildman–Crippen MR) is 75.9 cm³/mol. The van der Waals surface area contributed by atoms with Crippen molar-refractivity contribution in [3.63, 3.8) is 0 Å². The number of ether oxygens (including phenoxy) is 1. The molecule has 2 fully saturated rings. The Labute approximate surface area is 112 Å². The molecule has 2 saturated heterocycles. The number of rotatable bonds is 5. The first-order valence-electron chi connectivity index (χ1n) is 7.73. The number of nitrogens with one attached hydrogen (secondary N) is 1. The molecule has 3 nitrogen and oxygen atoms in total. The van der Waals surface area contributed by atoms with Crippen molar-refractivity contribution in [2.75, 3.05) is 26.2 Å². The van der Waals surface area contributed by atoms with Gasteiger partial charge >= 0.3 is 0 Å². The molecule has 0 aromatic rings. The standard InChI is InChI=1S/C15H30N2O/c1-4-16-11-13-7-5-6-10-17(13)12-14-8-9-15(2,3)18-14/h13-14,16H,4-12H2,1-3H3. The van der Waals surface area contributed by atoms with Crippen LogP contribution >= 0.6 is 0 Å². The monoisotopic (exact) mass is 254 g/mol. The molecule has 0 bridgehead atoms. The zero-order valence-corrected chi connectivity index (χ0v) is 12.4. The first-order valence-corrected chi connectivity index (χ1v) is 7.73. The smallest absolute Gasteiger partial charge is 0.0710 e. The summed E-state index contributed by atoms with van der Waals surface area (Å²) in [6.45, 7) is 11.3. The van der Waals surface area contributed by atoms with Crippen LogP contribution in [0, 0.1) is 0 Å². The van der Waals surface area contributed by atoms with Crippen LogP contribution in [0.1, 0.15) is 52.9 Å². The summed E-state index contributed by atoms with van der Waals surface area (Å²) in [7, 11) is 0.